The van der Waals surface area contributed by atoms with Crippen LogP contribution in [0.4, 0.5) is 0 Å². The number of ether oxygens (including phenoxy) is 3. The number of hydrogen-bond acceptors (Lipinski definition) is 5. The third kappa shape index (κ3) is 8.63. The zero-order chi connectivity index (χ0) is 29.0. The summed E-state index contributed by atoms with van der Waals surface area (Å²) in [4.78, 5) is 22.5. The van der Waals surface area contributed by atoms with Crippen LogP contribution in [0.1, 0.15) is 42.4 Å². The largest absolute Gasteiger partial charge is 0.497 e. The molecule has 0 saturated heterocycles. The van der Waals surface area contributed by atoms with Crippen LogP contribution >= 0.6 is 0 Å². The number of hydrogen-bond donors (Lipinski definition) is 2. The van der Waals surface area contributed by atoms with Crippen molar-refractivity contribution in [2.45, 2.75) is 38.6 Å². The first-order valence-electron chi connectivity index (χ1n) is 13.6. The van der Waals surface area contributed by atoms with E-state index in [0.29, 0.717) is 31.7 Å². The van der Waals surface area contributed by atoms with Crippen LogP contribution in [0.2, 0.25) is 0 Å². The van der Waals surface area contributed by atoms with Crippen LogP contribution in [0.3, 0.4) is 0 Å². The minimum Gasteiger partial charge on any atom is -0.497 e. The van der Waals surface area contributed by atoms with Crippen molar-refractivity contribution in [1.82, 2.24) is 4.57 Å². The molecule has 8 nitrogen and oxygen atoms in total. The maximum absolute atomic E-state index is 11.5. The van der Waals surface area contributed by atoms with E-state index in [0.717, 1.165) is 52.1 Å². The number of rotatable bonds is 16. The molecule has 0 aliphatic heterocycles. The van der Waals surface area contributed by atoms with Crippen LogP contribution in [0.15, 0.2) is 72.9 Å². The Kier molecular flexibility index (Phi) is 10.4. The molecule has 3 aromatic carbocycles. The summed E-state index contributed by atoms with van der Waals surface area (Å²) in [5.41, 5.74) is 3.50. The second kappa shape index (κ2) is 14.6. The van der Waals surface area contributed by atoms with E-state index in [4.69, 9.17) is 19.3 Å². The van der Waals surface area contributed by atoms with Gasteiger partial charge < -0.3 is 29.0 Å². The van der Waals surface area contributed by atoms with Gasteiger partial charge in [0.05, 0.1) is 26.7 Å². The van der Waals surface area contributed by atoms with E-state index in [-0.39, 0.29) is 12.8 Å². The quantitative estimate of drug-likeness (QED) is 0.119. The minimum atomic E-state index is -0.909. The van der Waals surface area contributed by atoms with Crippen LogP contribution in [-0.4, -0.2) is 47.0 Å². The van der Waals surface area contributed by atoms with E-state index in [1.54, 1.807) is 7.11 Å². The lowest BCUT2D eigenvalue weighted by Gasteiger charge is -2.09. The number of carboxylic acid groups (broad SMARTS) is 2. The van der Waals surface area contributed by atoms with Crippen molar-refractivity contribution < 1.29 is 34.0 Å². The summed E-state index contributed by atoms with van der Waals surface area (Å²) in [5, 5.41) is 19.3. The highest BCUT2D eigenvalue weighted by Gasteiger charge is 2.14. The number of carboxylic acids is 2. The van der Waals surface area contributed by atoms with Gasteiger partial charge in [0.15, 0.2) is 0 Å². The van der Waals surface area contributed by atoms with Crippen LogP contribution < -0.4 is 14.2 Å². The summed E-state index contributed by atoms with van der Waals surface area (Å²) in [7, 11) is 1.63. The van der Waals surface area contributed by atoms with E-state index in [2.05, 4.69) is 0 Å². The molecule has 1 aromatic heterocycles. The summed E-state index contributed by atoms with van der Waals surface area (Å²) in [6, 6.07) is 21.2. The predicted octanol–water partition coefficient (Wildman–Crippen LogP) is 6.55. The number of fused-ring (bicyclic) bond motifs is 1. The fraction of sp³-hybridized carbons (Fsp3) is 0.273. The molecule has 0 bridgehead atoms. The van der Waals surface area contributed by atoms with Gasteiger partial charge in [0.1, 0.15) is 17.2 Å². The van der Waals surface area contributed by atoms with Crippen LogP contribution in [-0.2, 0) is 22.6 Å². The third-order valence-electron chi connectivity index (χ3n) is 6.60. The average molecular weight is 558 g/mol. The number of aryl methyl sites for hydroxylation is 1. The van der Waals surface area contributed by atoms with Crippen molar-refractivity contribution in [3.8, 4) is 17.2 Å². The number of benzene rings is 3. The SMILES string of the molecule is COc1cccc(OCCCCOc2ccc(/C=C/c3cccc4c3c(CC(=O)O)cn4CCCC(=O)O)cc2)c1. The molecule has 2 N–H and O–H groups in total. The summed E-state index contributed by atoms with van der Waals surface area (Å²) < 4.78 is 18.8. The maximum atomic E-state index is 11.5. The van der Waals surface area contributed by atoms with Gasteiger partial charge in [-0.3, -0.25) is 9.59 Å². The Morgan fingerprint density at radius 3 is 2.22 bits per heavy atom. The molecular weight excluding hydrogens is 522 g/mol. The Bertz CT molecular complexity index is 1490. The number of methoxy groups -OCH3 is 1. The number of aliphatic carboxylic acids is 2. The number of nitrogens with zero attached hydrogens (tertiary/aromatic N) is 1. The molecule has 0 atom stereocenters. The lowest BCUT2D eigenvalue weighted by atomic mass is 10.0. The van der Waals surface area contributed by atoms with Crippen LogP contribution in [0.25, 0.3) is 23.1 Å². The van der Waals surface area contributed by atoms with Gasteiger partial charge in [-0.25, -0.2) is 0 Å². The van der Waals surface area contributed by atoms with Gasteiger partial charge in [0.2, 0.25) is 0 Å². The lowest BCUT2D eigenvalue weighted by molar-refractivity contribution is -0.137. The highest BCUT2D eigenvalue weighted by molar-refractivity contribution is 5.96. The molecule has 4 rings (SSSR count). The average Bonchev–Trinajstić information content (AvgIpc) is 3.31. The number of aromatic nitrogens is 1. The summed E-state index contributed by atoms with van der Waals surface area (Å²) in [5.74, 6) is 0.598. The van der Waals surface area contributed by atoms with Gasteiger partial charge in [-0.2, -0.15) is 0 Å². The minimum absolute atomic E-state index is 0.0614. The van der Waals surface area contributed by atoms with Crippen molar-refractivity contribution in [3.05, 3.63) is 89.6 Å². The number of unbranched alkanes of at least 4 members (excludes halogenated alkanes) is 1. The van der Waals surface area contributed by atoms with E-state index in [9.17, 15) is 14.7 Å². The molecule has 1 heterocycles. The summed E-state index contributed by atoms with van der Waals surface area (Å²) >= 11 is 0. The van der Waals surface area contributed by atoms with Gasteiger partial charge in [0, 0.05) is 36.1 Å². The predicted molar refractivity (Wildman–Crippen MR) is 159 cm³/mol. The molecule has 0 aliphatic carbocycles. The molecule has 0 spiro atoms. The first-order valence-corrected chi connectivity index (χ1v) is 13.6. The number of carbonyl (C=O) groups is 2. The molecule has 0 aliphatic rings. The Labute approximate surface area is 239 Å². The fourth-order valence-corrected chi connectivity index (χ4v) is 4.63. The zero-order valence-electron chi connectivity index (χ0n) is 23.1. The molecule has 4 aromatic rings. The van der Waals surface area contributed by atoms with Gasteiger partial charge in [-0.05, 0) is 66.3 Å². The maximum Gasteiger partial charge on any atom is 0.307 e. The van der Waals surface area contributed by atoms with E-state index < -0.39 is 11.9 Å². The fourth-order valence-electron chi connectivity index (χ4n) is 4.63. The zero-order valence-corrected chi connectivity index (χ0v) is 23.1. The van der Waals surface area contributed by atoms with Gasteiger partial charge in [-0.15, -0.1) is 0 Å². The smallest absolute Gasteiger partial charge is 0.307 e. The lowest BCUT2D eigenvalue weighted by Crippen LogP contribution is -2.02. The Morgan fingerprint density at radius 2 is 1.51 bits per heavy atom. The second-order valence-corrected chi connectivity index (χ2v) is 9.64. The highest BCUT2D eigenvalue weighted by atomic mass is 16.5. The van der Waals surface area contributed by atoms with Gasteiger partial charge >= 0.3 is 11.9 Å². The molecular formula is C33H35NO7. The Morgan fingerprint density at radius 1 is 0.805 bits per heavy atom. The van der Waals surface area contributed by atoms with Crippen molar-refractivity contribution in [3.63, 3.8) is 0 Å². The molecule has 0 amide bonds. The molecule has 0 unspecified atom stereocenters. The topological polar surface area (TPSA) is 107 Å². The van der Waals surface area contributed by atoms with Crippen molar-refractivity contribution in [2.75, 3.05) is 20.3 Å². The highest BCUT2D eigenvalue weighted by Crippen LogP contribution is 2.28. The van der Waals surface area contributed by atoms with E-state index in [1.807, 2.05) is 89.6 Å². The monoisotopic (exact) mass is 557 g/mol. The second-order valence-electron chi connectivity index (χ2n) is 9.64. The first-order chi connectivity index (χ1) is 19.9. The summed E-state index contributed by atoms with van der Waals surface area (Å²) in [6.45, 7) is 1.70. The molecule has 0 fully saturated rings. The third-order valence-corrected chi connectivity index (χ3v) is 6.60. The molecule has 8 heteroatoms. The van der Waals surface area contributed by atoms with Crippen molar-refractivity contribution in [2.24, 2.45) is 0 Å². The molecule has 214 valence electrons. The molecule has 0 saturated carbocycles. The van der Waals surface area contributed by atoms with Gasteiger partial charge in [-0.1, -0.05) is 42.5 Å². The van der Waals surface area contributed by atoms with Crippen LogP contribution in [0.5, 0.6) is 17.2 Å². The Balaban J connectivity index is 1.33. The molecule has 0 radical (unpaired) electrons. The Hall–Kier alpha value is -4.72. The van der Waals surface area contributed by atoms with Gasteiger partial charge in [0.25, 0.3) is 0 Å². The summed E-state index contributed by atoms with van der Waals surface area (Å²) in [6.07, 6.45) is 7.96. The normalized spacial score (nSPS) is 11.1. The molecule has 41 heavy (non-hydrogen) atoms. The standard InChI is InChI=1S/C33H35NO7/c1-39-28-8-5-9-29(22-28)41-20-3-2-19-40-27-16-13-24(14-17-27)12-15-25-7-4-10-30-33(25)26(21-32(37)38)23-34(30)18-6-11-31(35)36/h4-5,7-10,12-17,22-23H,2-3,6,11,18-21H2,1H3,(H,35,36)(H,37,38)/b15-12+. The van der Waals surface area contributed by atoms with Crippen LogP contribution in [0, 0.1) is 0 Å². The van der Waals surface area contributed by atoms with E-state index >= 15 is 0 Å². The van der Waals surface area contributed by atoms with Crippen molar-refractivity contribution in [1.29, 1.82) is 0 Å². The first kappa shape index (κ1) is 29.3. The van der Waals surface area contributed by atoms with E-state index in [1.165, 1.54) is 0 Å². The van der Waals surface area contributed by atoms with Crippen molar-refractivity contribution >= 4 is 35.0 Å².